The van der Waals surface area contributed by atoms with E-state index in [4.69, 9.17) is 4.74 Å². The van der Waals surface area contributed by atoms with E-state index in [1.54, 1.807) is 0 Å². The highest BCUT2D eigenvalue weighted by atomic mass is 79.9. The Morgan fingerprint density at radius 1 is 1.07 bits per heavy atom. The predicted molar refractivity (Wildman–Crippen MR) is 102 cm³/mol. The first-order valence-corrected chi connectivity index (χ1v) is 11.2. The first-order valence-electron chi connectivity index (χ1n) is 7.44. The van der Waals surface area contributed by atoms with Crippen molar-refractivity contribution in [2.75, 3.05) is 21.3 Å². The van der Waals surface area contributed by atoms with Gasteiger partial charge in [-0.1, -0.05) is 16.6 Å². The molecular weight excluding hydrogens is 478 g/mol. The number of pyridine rings is 1. The van der Waals surface area contributed by atoms with E-state index in [2.05, 4.69) is 25.8 Å². The number of amides is 1. The van der Waals surface area contributed by atoms with Gasteiger partial charge in [0, 0.05) is 7.05 Å². The Morgan fingerprint density at radius 2 is 1.68 bits per heavy atom. The van der Waals surface area contributed by atoms with Gasteiger partial charge in [0.1, 0.15) is 20.1 Å². The van der Waals surface area contributed by atoms with Crippen molar-refractivity contribution in [3.05, 3.63) is 46.7 Å². The summed E-state index contributed by atoms with van der Waals surface area (Å²) in [7, 11) is -5.19. The monoisotopic (exact) mass is 493 g/mol. The fourth-order valence-corrected chi connectivity index (χ4v) is 5.28. The van der Waals surface area contributed by atoms with Crippen molar-refractivity contribution < 1.29 is 31.2 Å². The zero-order chi connectivity index (χ0) is 21.1. The third kappa shape index (κ3) is 4.50. The van der Waals surface area contributed by atoms with E-state index in [-0.39, 0.29) is 10.3 Å². The summed E-state index contributed by atoms with van der Waals surface area (Å²) < 4.78 is 57.9. The van der Waals surface area contributed by atoms with Gasteiger partial charge in [-0.2, -0.15) is 0 Å². The largest absolute Gasteiger partial charge is 0.494 e. The van der Waals surface area contributed by atoms with Gasteiger partial charge in [0.15, 0.2) is 5.75 Å². The lowest BCUT2D eigenvalue weighted by atomic mass is 10.3. The van der Waals surface area contributed by atoms with E-state index >= 15 is 0 Å². The minimum Gasteiger partial charge on any atom is -0.494 e. The van der Waals surface area contributed by atoms with Crippen LogP contribution in [0.15, 0.2) is 50.8 Å². The minimum absolute atomic E-state index is 0.199. The van der Waals surface area contributed by atoms with Crippen LogP contribution in [0.3, 0.4) is 0 Å². The summed E-state index contributed by atoms with van der Waals surface area (Å²) in [6, 6.07) is 7.50. The van der Waals surface area contributed by atoms with Crippen molar-refractivity contribution in [1.29, 1.82) is 0 Å². The highest BCUT2D eigenvalue weighted by Crippen LogP contribution is 2.25. The molecule has 1 amide bonds. The van der Waals surface area contributed by atoms with Gasteiger partial charge < -0.3 is 4.74 Å². The molecule has 152 valence electrons. The van der Waals surface area contributed by atoms with Crippen LogP contribution in [0.2, 0.25) is 0 Å². The number of hydrogen-bond acceptors (Lipinski definition) is 8. The van der Waals surface area contributed by atoms with Crippen molar-refractivity contribution in [2.24, 2.45) is 0 Å². The molecule has 1 aromatic carbocycles. The van der Waals surface area contributed by atoms with Gasteiger partial charge in [0.05, 0.1) is 14.2 Å². The first-order chi connectivity index (χ1) is 13.0. The Labute approximate surface area is 170 Å². The summed E-state index contributed by atoms with van der Waals surface area (Å²) >= 11 is 3.10. The minimum atomic E-state index is -4.54. The van der Waals surface area contributed by atoms with Crippen molar-refractivity contribution in [3.63, 3.8) is 0 Å². The number of ether oxygens (including phenoxy) is 1. The molecule has 0 aliphatic heterocycles. The average molecular weight is 494 g/mol. The summed E-state index contributed by atoms with van der Waals surface area (Å²) in [6.07, 6.45) is 0. The van der Waals surface area contributed by atoms with Gasteiger partial charge in [-0.3, -0.25) is 9.63 Å². The quantitative estimate of drug-likeness (QED) is 0.448. The van der Waals surface area contributed by atoms with E-state index in [1.807, 2.05) is 4.72 Å². The molecule has 0 saturated carbocycles. The number of methoxy groups -OCH3 is 1. The number of carbonyl (C=O) groups is 1. The number of carbonyl (C=O) groups excluding carboxylic acids is 1. The van der Waals surface area contributed by atoms with Crippen LogP contribution in [0.4, 0.5) is 0 Å². The molecule has 0 saturated heterocycles. The van der Waals surface area contributed by atoms with Crippen molar-refractivity contribution in [2.45, 2.75) is 9.79 Å². The number of hydroxylamine groups is 1. The van der Waals surface area contributed by atoms with Crippen LogP contribution in [-0.2, 0) is 24.9 Å². The van der Waals surface area contributed by atoms with Gasteiger partial charge in [-0.05, 0) is 40.2 Å². The molecule has 0 aliphatic carbocycles. The average Bonchev–Trinajstić information content (AvgIpc) is 2.66. The van der Waals surface area contributed by atoms with Crippen LogP contribution in [0.25, 0.3) is 0 Å². The van der Waals surface area contributed by atoms with Gasteiger partial charge in [0.25, 0.3) is 26.0 Å². The smallest absolute Gasteiger partial charge is 0.283 e. The Hall–Kier alpha value is -2.06. The molecule has 0 atom stereocenters. The third-order valence-electron chi connectivity index (χ3n) is 3.51. The molecule has 2 aromatic rings. The predicted octanol–water partition coefficient (Wildman–Crippen LogP) is 1.15. The summed E-state index contributed by atoms with van der Waals surface area (Å²) in [5, 5.41) is 0. The van der Waals surface area contributed by atoms with Crippen LogP contribution in [0, 0.1) is 0 Å². The summed E-state index contributed by atoms with van der Waals surface area (Å²) in [4.78, 5) is 19.7. The van der Waals surface area contributed by atoms with E-state index < -0.39 is 35.7 Å². The molecule has 0 bridgehead atoms. The molecule has 1 aromatic heterocycles. The van der Waals surface area contributed by atoms with E-state index in [0.717, 1.165) is 26.3 Å². The molecule has 1 heterocycles. The molecule has 0 aliphatic rings. The SMILES string of the molecule is COc1ccc(C(=O)NS(=O)(=O)c2ccccc2S(=O)(=O)N(C)OC)nc1Br. The molecule has 0 unspecified atom stereocenters. The first kappa shape index (κ1) is 22.2. The highest BCUT2D eigenvalue weighted by Gasteiger charge is 2.31. The molecular formula is C15H16BrN3O7S2. The molecule has 0 spiro atoms. The zero-order valence-electron chi connectivity index (χ0n) is 14.9. The summed E-state index contributed by atoms with van der Waals surface area (Å²) in [5.41, 5.74) is -0.217. The second kappa shape index (κ2) is 8.53. The summed E-state index contributed by atoms with van der Waals surface area (Å²) in [6.45, 7) is 0. The number of nitrogens with one attached hydrogen (secondary N) is 1. The maximum atomic E-state index is 12.7. The number of halogens is 1. The van der Waals surface area contributed by atoms with Crippen molar-refractivity contribution in [3.8, 4) is 5.75 Å². The second-order valence-electron chi connectivity index (χ2n) is 5.17. The lowest BCUT2D eigenvalue weighted by Crippen LogP contribution is -2.33. The maximum absolute atomic E-state index is 12.7. The molecule has 0 radical (unpaired) electrons. The highest BCUT2D eigenvalue weighted by molar-refractivity contribution is 9.10. The van der Waals surface area contributed by atoms with Crippen LogP contribution in [0.1, 0.15) is 10.5 Å². The van der Waals surface area contributed by atoms with Crippen molar-refractivity contribution in [1.82, 2.24) is 14.2 Å². The maximum Gasteiger partial charge on any atom is 0.283 e. The van der Waals surface area contributed by atoms with Gasteiger partial charge >= 0.3 is 0 Å². The lowest BCUT2D eigenvalue weighted by Gasteiger charge is -2.17. The Balaban J connectivity index is 2.44. The molecule has 1 N–H and O–H groups in total. The van der Waals surface area contributed by atoms with Crippen LogP contribution < -0.4 is 9.46 Å². The second-order valence-corrected chi connectivity index (χ2v) is 9.47. The molecule has 0 fully saturated rings. The molecule has 13 heteroatoms. The van der Waals surface area contributed by atoms with Crippen LogP contribution in [-0.4, -0.2) is 53.5 Å². The molecule has 2 rings (SSSR count). The normalized spacial score (nSPS) is 12.0. The Kier molecular flexibility index (Phi) is 6.77. The molecule has 10 nitrogen and oxygen atoms in total. The fraction of sp³-hybridized carbons (Fsp3) is 0.200. The lowest BCUT2D eigenvalue weighted by molar-refractivity contribution is -0.0260. The molecule has 28 heavy (non-hydrogen) atoms. The van der Waals surface area contributed by atoms with Crippen LogP contribution in [0.5, 0.6) is 5.75 Å². The number of benzene rings is 1. The van der Waals surface area contributed by atoms with E-state index in [9.17, 15) is 21.6 Å². The summed E-state index contributed by atoms with van der Waals surface area (Å²) in [5.74, 6) is -0.700. The Bertz CT molecular complexity index is 1100. The van der Waals surface area contributed by atoms with E-state index in [0.29, 0.717) is 10.2 Å². The third-order valence-corrected chi connectivity index (χ3v) is 7.33. The van der Waals surface area contributed by atoms with E-state index in [1.165, 1.54) is 31.4 Å². The Morgan fingerprint density at radius 3 is 2.21 bits per heavy atom. The number of aromatic nitrogens is 1. The van der Waals surface area contributed by atoms with Crippen molar-refractivity contribution >= 4 is 41.9 Å². The fourth-order valence-electron chi connectivity index (χ4n) is 2.05. The topological polar surface area (TPSA) is 132 Å². The van der Waals surface area contributed by atoms with Gasteiger partial charge in [0.2, 0.25) is 0 Å². The van der Waals surface area contributed by atoms with Gasteiger partial charge in [-0.25, -0.2) is 26.5 Å². The number of hydrogen-bond donors (Lipinski definition) is 1. The zero-order valence-corrected chi connectivity index (χ0v) is 18.1. The number of nitrogens with zero attached hydrogens (tertiary/aromatic N) is 2. The van der Waals surface area contributed by atoms with Gasteiger partial charge in [-0.15, -0.1) is 0 Å². The standard InChI is InChI=1S/C15H16BrN3O7S2/c1-19(26-3)28(23,24)13-7-5-4-6-12(13)27(21,22)18-15(20)10-8-9-11(25-2)14(16)17-10/h4-9H,1-3H3,(H,18,20). The van der Waals surface area contributed by atoms with Crippen LogP contribution >= 0.6 is 15.9 Å². The number of rotatable bonds is 7. The number of sulfonamides is 2.